The molecule has 74 valence electrons. The van der Waals surface area contributed by atoms with Crippen molar-refractivity contribution in [3.63, 3.8) is 0 Å². The Hall–Kier alpha value is -1.35. The smallest absolute Gasteiger partial charge is 0.328 e. The van der Waals surface area contributed by atoms with Crippen LogP contribution in [0, 0.1) is 0 Å². The molecule has 0 spiro atoms. The van der Waals surface area contributed by atoms with E-state index in [1.54, 1.807) is 0 Å². The molecule has 0 N–H and O–H groups in total. The zero-order chi connectivity index (χ0) is 9.97. The number of carbonyl (C=O) groups excluding carboxylic acids is 1. The number of hydrogen-bond donors (Lipinski definition) is 0. The van der Waals surface area contributed by atoms with Gasteiger partial charge in [0, 0.05) is 6.54 Å². The van der Waals surface area contributed by atoms with Crippen LogP contribution in [0.25, 0.3) is 0 Å². The molecule has 2 rings (SSSR count). The molecular weight excluding hydrogens is 178 g/mol. The summed E-state index contributed by atoms with van der Waals surface area (Å²) in [5.74, 6) is -0.148. The molecule has 3 heteroatoms. The van der Waals surface area contributed by atoms with Gasteiger partial charge in [-0.15, -0.1) is 0 Å². The minimum Gasteiger partial charge on any atom is -0.463 e. The molecule has 1 aliphatic rings. The first-order valence-corrected chi connectivity index (χ1v) is 4.71. The van der Waals surface area contributed by atoms with E-state index in [4.69, 9.17) is 4.74 Å². The van der Waals surface area contributed by atoms with E-state index in [2.05, 4.69) is 0 Å². The predicted molar refractivity (Wildman–Crippen MR) is 52.8 cm³/mol. The topological polar surface area (TPSA) is 29.5 Å². The van der Waals surface area contributed by atoms with E-state index in [1.807, 2.05) is 42.3 Å². The summed E-state index contributed by atoms with van der Waals surface area (Å²) >= 11 is 0. The summed E-state index contributed by atoms with van der Waals surface area (Å²) in [4.78, 5) is 13.6. The Labute approximate surface area is 83.3 Å². The highest BCUT2D eigenvalue weighted by Gasteiger charge is 2.29. The largest absolute Gasteiger partial charge is 0.463 e. The number of rotatable bonds is 1. The fourth-order valence-corrected chi connectivity index (χ4v) is 1.70. The first-order valence-electron chi connectivity index (χ1n) is 4.71. The molecule has 0 aromatic heterocycles. The van der Waals surface area contributed by atoms with Gasteiger partial charge in [0.1, 0.15) is 12.6 Å². The van der Waals surface area contributed by atoms with E-state index in [0.717, 1.165) is 12.1 Å². The number of benzene rings is 1. The lowest BCUT2D eigenvalue weighted by Crippen LogP contribution is -2.40. The van der Waals surface area contributed by atoms with E-state index in [1.165, 1.54) is 0 Å². The third-order valence-corrected chi connectivity index (χ3v) is 2.47. The first kappa shape index (κ1) is 9.21. The van der Waals surface area contributed by atoms with Gasteiger partial charge in [-0.25, -0.2) is 4.79 Å². The van der Waals surface area contributed by atoms with Gasteiger partial charge in [0.2, 0.25) is 0 Å². The molecule has 0 aliphatic carbocycles. The SMILES string of the molecule is CN1CCOC(=O)C1c1ccccc1. The van der Waals surface area contributed by atoms with Crippen molar-refractivity contribution < 1.29 is 9.53 Å². The van der Waals surface area contributed by atoms with Crippen molar-refractivity contribution >= 4 is 5.97 Å². The highest BCUT2D eigenvalue weighted by atomic mass is 16.5. The van der Waals surface area contributed by atoms with Crippen LogP contribution in [0.15, 0.2) is 30.3 Å². The summed E-state index contributed by atoms with van der Waals surface area (Å²) in [5, 5.41) is 0. The van der Waals surface area contributed by atoms with Gasteiger partial charge < -0.3 is 4.74 Å². The van der Waals surface area contributed by atoms with Crippen LogP contribution in [-0.4, -0.2) is 31.1 Å². The van der Waals surface area contributed by atoms with Gasteiger partial charge in [0.15, 0.2) is 0 Å². The molecule has 1 saturated heterocycles. The van der Waals surface area contributed by atoms with Crippen LogP contribution >= 0.6 is 0 Å². The molecule has 0 saturated carbocycles. The second kappa shape index (κ2) is 3.80. The van der Waals surface area contributed by atoms with Gasteiger partial charge in [0.25, 0.3) is 0 Å². The number of esters is 1. The van der Waals surface area contributed by atoms with Crippen LogP contribution in [0.3, 0.4) is 0 Å². The van der Waals surface area contributed by atoms with Crippen molar-refractivity contribution in [3.05, 3.63) is 35.9 Å². The summed E-state index contributed by atoms with van der Waals surface area (Å²) in [5.41, 5.74) is 1.000. The Kier molecular flexibility index (Phi) is 2.50. The number of ether oxygens (including phenoxy) is 1. The lowest BCUT2D eigenvalue weighted by molar-refractivity contribution is -0.156. The summed E-state index contributed by atoms with van der Waals surface area (Å²) in [6, 6.07) is 9.49. The molecule has 1 atom stereocenters. The summed E-state index contributed by atoms with van der Waals surface area (Å²) in [6.07, 6.45) is 0. The summed E-state index contributed by atoms with van der Waals surface area (Å²) in [6.45, 7) is 1.30. The quantitative estimate of drug-likeness (QED) is 0.625. The third kappa shape index (κ3) is 1.63. The Morgan fingerprint density at radius 2 is 2.07 bits per heavy atom. The summed E-state index contributed by atoms with van der Waals surface area (Å²) in [7, 11) is 1.94. The second-order valence-electron chi connectivity index (χ2n) is 3.46. The third-order valence-electron chi connectivity index (χ3n) is 2.47. The molecule has 1 unspecified atom stereocenters. The highest BCUT2D eigenvalue weighted by Crippen LogP contribution is 2.23. The van der Waals surface area contributed by atoms with E-state index in [0.29, 0.717) is 6.61 Å². The van der Waals surface area contributed by atoms with E-state index >= 15 is 0 Å². The second-order valence-corrected chi connectivity index (χ2v) is 3.46. The Balaban J connectivity index is 2.27. The molecule has 1 heterocycles. The lowest BCUT2D eigenvalue weighted by Gasteiger charge is -2.30. The van der Waals surface area contributed by atoms with Crippen molar-refractivity contribution in [1.82, 2.24) is 4.90 Å². The maximum atomic E-state index is 11.5. The molecule has 0 amide bonds. The van der Waals surface area contributed by atoms with Gasteiger partial charge >= 0.3 is 5.97 Å². The van der Waals surface area contributed by atoms with E-state index in [9.17, 15) is 4.79 Å². The van der Waals surface area contributed by atoms with Crippen LogP contribution in [0.5, 0.6) is 0 Å². The highest BCUT2D eigenvalue weighted by molar-refractivity contribution is 5.78. The maximum Gasteiger partial charge on any atom is 0.328 e. The Morgan fingerprint density at radius 3 is 2.71 bits per heavy atom. The average molecular weight is 191 g/mol. The predicted octanol–water partition coefficient (Wildman–Crippen LogP) is 1.22. The lowest BCUT2D eigenvalue weighted by atomic mass is 10.1. The average Bonchev–Trinajstić information content (AvgIpc) is 2.19. The van der Waals surface area contributed by atoms with Gasteiger partial charge in [-0.05, 0) is 12.6 Å². The number of carbonyl (C=O) groups is 1. The molecular formula is C11H13NO2. The van der Waals surface area contributed by atoms with Crippen molar-refractivity contribution in [2.24, 2.45) is 0 Å². The number of cyclic esters (lactones) is 1. The summed E-state index contributed by atoms with van der Waals surface area (Å²) < 4.78 is 5.03. The standard InChI is InChI=1S/C11H13NO2/c1-12-7-8-14-11(13)10(12)9-5-3-2-4-6-9/h2-6,10H,7-8H2,1H3. The van der Waals surface area contributed by atoms with Crippen molar-refractivity contribution in [1.29, 1.82) is 0 Å². The molecule has 3 nitrogen and oxygen atoms in total. The Morgan fingerprint density at radius 1 is 1.36 bits per heavy atom. The fourth-order valence-electron chi connectivity index (χ4n) is 1.70. The van der Waals surface area contributed by atoms with Crippen LogP contribution in [0.4, 0.5) is 0 Å². The fraction of sp³-hybridized carbons (Fsp3) is 0.364. The van der Waals surface area contributed by atoms with Gasteiger partial charge in [0.05, 0.1) is 0 Å². The first-order chi connectivity index (χ1) is 6.79. The van der Waals surface area contributed by atoms with Crippen molar-refractivity contribution in [2.45, 2.75) is 6.04 Å². The molecule has 1 aromatic carbocycles. The molecule has 1 aliphatic heterocycles. The number of hydrogen-bond acceptors (Lipinski definition) is 3. The van der Waals surface area contributed by atoms with E-state index < -0.39 is 0 Å². The van der Waals surface area contributed by atoms with Crippen LogP contribution in [-0.2, 0) is 9.53 Å². The molecule has 0 bridgehead atoms. The van der Waals surface area contributed by atoms with Crippen molar-refractivity contribution in [3.8, 4) is 0 Å². The zero-order valence-corrected chi connectivity index (χ0v) is 8.14. The van der Waals surface area contributed by atoms with Crippen LogP contribution in [0.2, 0.25) is 0 Å². The minimum atomic E-state index is -0.232. The van der Waals surface area contributed by atoms with Gasteiger partial charge in [-0.1, -0.05) is 30.3 Å². The number of morpholine rings is 1. The van der Waals surface area contributed by atoms with Crippen LogP contribution < -0.4 is 0 Å². The molecule has 1 fully saturated rings. The minimum absolute atomic E-state index is 0.148. The molecule has 14 heavy (non-hydrogen) atoms. The van der Waals surface area contributed by atoms with Gasteiger partial charge in [-0.3, -0.25) is 4.90 Å². The maximum absolute atomic E-state index is 11.5. The Bertz CT molecular complexity index is 323. The number of nitrogens with zero attached hydrogens (tertiary/aromatic N) is 1. The normalized spacial score (nSPS) is 23.2. The van der Waals surface area contributed by atoms with Crippen molar-refractivity contribution in [2.75, 3.05) is 20.2 Å². The molecule has 1 aromatic rings. The van der Waals surface area contributed by atoms with Crippen LogP contribution in [0.1, 0.15) is 11.6 Å². The zero-order valence-electron chi connectivity index (χ0n) is 8.14. The number of likely N-dealkylation sites (N-methyl/N-ethyl adjacent to an activating group) is 1. The van der Waals surface area contributed by atoms with E-state index in [-0.39, 0.29) is 12.0 Å². The monoisotopic (exact) mass is 191 g/mol. The van der Waals surface area contributed by atoms with Gasteiger partial charge in [-0.2, -0.15) is 0 Å². The molecule has 0 radical (unpaired) electrons.